The van der Waals surface area contributed by atoms with Crippen LogP contribution in [0.1, 0.15) is 32.6 Å². The summed E-state index contributed by atoms with van der Waals surface area (Å²) in [6.07, 6.45) is 6.07. The molecule has 6 heteroatoms. The zero-order valence-electron chi connectivity index (χ0n) is 12.0. The quantitative estimate of drug-likeness (QED) is 0.830. The molecule has 19 heavy (non-hydrogen) atoms. The molecule has 2 fully saturated rings. The second-order valence-corrected chi connectivity index (χ2v) is 9.24. The molecule has 0 bridgehead atoms. The van der Waals surface area contributed by atoms with Crippen molar-refractivity contribution in [3.05, 3.63) is 0 Å². The van der Waals surface area contributed by atoms with Crippen LogP contribution in [-0.2, 0) is 9.84 Å². The first-order valence-electron chi connectivity index (χ1n) is 7.22. The standard InChI is InChI=1S/C13H26N2O2S2/c1-3-5-13(6-4-7-14-13)11-15-8-9-18-10-12(15)19(2,16)17/h12,14H,3-11H2,1-2H3. The molecule has 2 rings (SSSR count). The first-order valence-corrected chi connectivity index (χ1v) is 10.3. The van der Waals surface area contributed by atoms with Gasteiger partial charge in [0.2, 0.25) is 0 Å². The Bertz CT molecular complexity index is 391. The molecule has 0 saturated carbocycles. The fraction of sp³-hybridized carbons (Fsp3) is 1.00. The summed E-state index contributed by atoms with van der Waals surface area (Å²) in [7, 11) is -2.98. The molecule has 1 N–H and O–H groups in total. The lowest BCUT2D eigenvalue weighted by Crippen LogP contribution is -2.56. The third-order valence-corrected chi connectivity index (χ3v) is 6.94. The van der Waals surface area contributed by atoms with Crippen LogP contribution < -0.4 is 5.32 Å². The molecule has 2 heterocycles. The summed E-state index contributed by atoms with van der Waals surface area (Å²) in [5.41, 5.74) is 0.152. The van der Waals surface area contributed by atoms with E-state index >= 15 is 0 Å². The highest BCUT2D eigenvalue weighted by atomic mass is 32.2. The Morgan fingerprint density at radius 3 is 2.84 bits per heavy atom. The minimum Gasteiger partial charge on any atom is -0.310 e. The topological polar surface area (TPSA) is 49.4 Å². The molecular formula is C13H26N2O2S2. The van der Waals surface area contributed by atoms with Gasteiger partial charge < -0.3 is 5.32 Å². The van der Waals surface area contributed by atoms with Crippen molar-refractivity contribution in [3.63, 3.8) is 0 Å². The van der Waals surface area contributed by atoms with E-state index in [1.807, 2.05) is 0 Å². The molecule has 2 saturated heterocycles. The predicted octanol–water partition coefficient (Wildman–Crippen LogP) is 1.33. The largest absolute Gasteiger partial charge is 0.310 e. The van der Waals surface area contributed by atoms with Crippen molar-refractivity contribution >= 4 is 21.6 Å². The average Bonchev–Trinajstić information content (AvgIpc) is 2.77. The van der Waals surface area contributed by atoms with Gasteiger partial charge >= 0.3 is 0 Å². The number of rotatable bonds is 5. The first-order chi connectivity index (χ1) is 8.97. The van der Waals surface area contributed by atoms with E-state index in [0.29, 0.717) is 0 Å². The minimum absolute atomic E-state index is 0.152. The van der Waals surface area contributed by atoms with Crippen LogP contribution in [0.4, 0.5) is 0 Å². The number of hydrogen-bond acceptors (Lipinski definition) is 5. The monoisotopic (exact) mass is 306 g/mol. The SMILES string of the molecule is CCCC1(CN2CCSCC2S(C)(=O)=O)CCCN1. The number of nitrogens with zero attached hydrogens (tertiary/aromatic N) is 1. The van der Waals surface area contributed by atoms with Crippen LogP contribution in [0, 0.1) is 0 Å². The molecule has 2 atom stereocenters. The molecule has 2 aliphatic rings. The highest BCUT2D eigenvalue weighted by Crippen LogP contribution is 2.29. The molecule has 4 nitrogen and oxygen atoms in total. The maximum atomic E-state index is 12.0. The number of nitrogens with one attached hydrogen (secondary N) is 1. The van der Waals surface area contributed by atoms with Crippen molar-refractivity contribution in [2.75, 3.05) is 37.4 Å². The normalized spacial score (nSPS) is 33.7. The van der Waals surface area contributed by atoms with Crippen molar-refractivity contribution in [2.24, 2.45) is 0 Å². The Hall–Kier alpha value is 0.220. The minimum atomic E-state index is -2.98. The Morgan fingerprint density at radius 2 is 2.26 bits per heavy atom. The van der Waals surface area contributed by atoms with E-state index in [-0.39, 0.29) is 10.9 Å². The van der Waals surface area contributed by atoms with Crippen molar-refractivity contribution in [1.82, 2.24) is 10.2 Å². The molecule has 0 spiro atoms. The Morgan fingerprint density at radius 1 is 1.47 bits per heavy atom. The Kier molecular flexibility index (Phi) is 5.20. The van der Waals surface area contributed by atoms with Gasteiger partial charge in [-0.15, -0.1) is 0 Å². The van der Waals surface area contributed by atoms with Crippen LogP contribution in [0.2, 0.25) is 0 Å². The van der Waals surface area contributed by atoms with Gasteiger partial charge in [-0.1, -0.05) is 13.3 Å². The zero-order chi connectivity index (χ0) is 13.9. The van der Waals surface area contributed by atoms with Crippen LogP contribution in [0.25, 0.3) is 0 Å². The van der Waals surface area contributed by atoms with Crippen LogP contribution in [0.3, 0.4) is 0 Å². The second-order valence-electron chi connectivity index (χ2n) is 5.89. The lowest BCUT2D eigenvalue weighted by molar-refractivity contribution is 0.180. The van der Waals surface area contributed by atoms with Gasteiger partial charge in [0.15, 0.2) is 9.84 Å². The third-order valence-electron chi connectivity index (χ3n) is 4.25. The predicted molar refractivity (Wildman–Crippen MR) is 82.4 cm³/mol. The van der Waals surface area contributed by atoms with Gasteiger partial charge in [-0.2, -0.15) is 11.8 Å². The molecule has 0 aromatic heterocycles. The number of sulfone groups is 1. The van der Waals surface area contributed by atoms with Crippen LogP contribution in [0.5, 0.6) is 0 Å². The van der Waals surface area contributed by atoms with E-state index in [9.17, 15) is 8.42 Å². The third kappa shape index (κ3) is 3.86. The fourth-order valence-electron chi connectivity index (χ4n) is 3.35. The van der Waals surface area contributed by atoms with Crippen molar-refractivity contribution in [3.8, 4) is 0 Å². The highest BCUT2D eigenvalue weighted by Gasteiger charge is 2.39. The van der Waals surface area contributed by atoms with Gasteiger partial charge in [0.05, 0.1) is 0 Å². The van der Waals surface area contributed by atoms with Crippen molar-refractivity contribution in [2.45, 2.75) is 43.5 Å². The van der Waals surface area contributed by atoms with E-state index in [1.165, 1.54) is 19.1 Å². The number of hydrogen-bond donors (Lipinski definition) is 1. The summed E-state index contributed by atoms with van der Waals surface area (Å²) >= 11 is 1.76. The highest BCUT2D eigenvalue weighted by molar-refractivity contribution is 8.00. The summed E-state index contributed by atoms with van der Waals surface area (Å²) in [5, 5.41) is 3.36. The molecule has 0 aromatic carbocycles. The van der Waals surface area contributed by atoms with Gasteiger partial charge in [-0.25, -0.2) is 8.42 Å². The molecule has 0 aliphatic carbocycles. The second kappa shape index (κ2) is 6.33. The van der Waals surface area contributed by atoms with Gasteiger partial charge in [-0.3, -0.25) is 4.90 Å². The lowest BCUT2D eigenvalue weighted by atomic mass is 9.91. The van der Waals surface area contributed by atoms with Gasteiger partial charge in [0.25, 0.3) is 0 Å². The smallest absolute Gasteiger partial charge is 0.164 e. The van der Waals surface area contributed by atoms with Crippen molar-refractivity contribution in [1.29, 1.82) is 0 Å². The average molecular weight is 306 g/mol. The fourth-order valence-corrected chi connectivity index (χ4v) is 6.30. The van der Waals surface area contributed by atoms with Gasteiger partial charge in [0, 0.05) is 36.4 Å². The summed E-state index contributed by atoms with van der Waals surface area (Å²) in [5.74, 6) is 1.77. The zero-order valence-corrected chi connectivity index (χ0v) is 13.7. The van der Waals surface area contributed by atoms with Crippen LogP contribution in [0.15, 0.2) is 0 Å². The van der Waals surface area contributed by atoms with Crippen molar-refractivity contribution < 1.29 is 8.42 Å². The molecule has 2 aliphatic heterocycles. The van der Waals surface area contributed by atoms with E-state index in [2.05, 4.69) is 17.1 Å². The molecule has 2 unspecified atom stereocenters. The van der Waals surface area contributed by atoms with Crippen LogP contribution in [-0.4, -0.2) is 61.6 Å². The number of thioether (sulfide) groups is 1. The molecule has 0 aromatic rings. The lowest BCUT2D eigenvalue weighted by Gasteiger charge is -2.41. The molecular weight excluding hydrogens is 280 g/mol. The Labute approximate surface area is 121 Å². The van der Waals surface area contributed by atoms with E-state index < -0.39 is 9.84 Å². The maximum absolute atomic E-state index is 12.0. The van der Waals surface area contributed by atoms with Gasteiger partial charge in [-0.05, 0) is 25.8 Å². The summed E-state index contributed by atoms with van der Waals surface area (Å²) in [4.78, 5) is 2.21. The first kappa shape index (κ1) is 15.6. The molecule has 0 amide bonds. The van der Waals surface area contributed by atoms with Crippen LogP contribution >= 0.6 is 11.8 Å². The summed E-state index contributed by atoms with van der Waals surface area (Å²) in [6, 6.07) is 0. The molecule has 0 radical (unpaired) electrons. The maximum Gasteiger partial charge on any atom is 0.164 e. The Balaban J connectivity index is 2.10. The summed E-state index contributed by atoms with van der Waals surface area (Å²) < 4.78 is 23.9. The van der Waals surface area contributed by atoms with E-state index in [0.717, 1.165) is 44.0 Å². The van der Waals surface area contributed by atoms with Gasteiger partial charge in [0.1, 0.15) is 5.37 Å². The van der Waals surface area contributed by atoms with E-state index in [1.54, 1.807) is 11.8 Å². The summed E-state index contributed by atoms with van der Waals surface area (Å²) in [6.45, 7) is 5.07. The molecule has 112 valence electrons. The van der Waals surface area contributed by atoms with E-state index in [4.69, 9.17) is 0 Å².